The van der Waals surface area contributed by atoms with Gasteiger partial charge in [0, 0.05) is 5.02 Å². The second-order valence-corrected chi connectivity index (χ2v) is 6.03. The average molecular weight is 354 g/mol. The van der Waals surface area contributed by atoms with Crippen LogP contribution in [0.3, 0.4) is 0 Å². The lowest BCUT2D eigenvalue weighted by molar-refractivity contribution is -0.146. The van der Waals surface area contributed by atoms with Gasteiger partial charge in [0.2, 0.25) is 0 Å². The molecule has 1 N–H and O–H groups in total. The summed E-state index contributed by atoms with van der Waals surface area (Å²) >= 11 is 7.15. The molecular formula is C16H16ClNO4S. The summed E-state index contributed by atoms with van der Waals surface area (Å²) in [6.07, 6.45) is 0. The Hall–Kier alpha value is -2.05. The zero-order valence-corrected chi connectivity index (χ0v) is 14.0. The van der Waals surface area contributed by atoms with E-state index in [1.807, 2.05) is 0 Å². The van der Waals surface area contributed by atoms with E-state index in [0.717, 1.165) is 0 Å². The largest absolute Gasteiger partial charge is 0.490 e. The molecule has 122 valence electrons. The van der Waals surface area contributed by atoms with Gasteiger partial charge >= 0.3 is 5.97 Å². The van der Waals surface area contributed by atoms with Crippen LogP contribution in [0.2, 0.25) is 5.02 Å². The van der Waals surface area contributed by atoms with E-state index in [2.05, 4.69) is 5.32 Å². The first-order chi connectivity index (χ1) is 11.1. The first-order valence-electron chi connectivity index (χ1n) is 6.95. The van der Waals surface area contributed by atoms with Gasteiger partial charge in [-0.3, -0.25) is 4.79 Å². The van der Waals surface area contributed by atoms with E-state index in [1.165, 1.54) is 11.3 Å². The number of amides is 1. The monoisotopic (exact) mass is 353 g/mol. The van der Waals surface area contributed by atoms with Crippen molar-refractivity contribution >= 4 is 34.8 Å². The molecule has 7 heteroatoms. The zero-order valence-electron chi connectivity index (χ0n) is 12.5. The maximum absolute atomic E-state index is 11.8. The van der Waals surface area contributed by atoms with Crippen molar-refractivity contribution in [2.75, 3.05) is 13.2 Å². The number of nitrogens with one attached hydrogen (secondary N) is 1. The molecule has 23 heavy (non-hydrogen) atoms. The standard InChI is InChI=1S/C16H16ClNO4S/c1-11(18-15(19)14-6-3-9-23-14)16(20)22-8-7-21-13-5-2-4-12(17)10-13/h2-6,9-11H,7-8H2,1H3,(H,18,19). The normalized spacial score (nSPS) is 11.6. The highest BCUT2D eigenvalue weighted by Crippen LogP contribution is 2.16. The van der Waals surface area contributed by atoms with Crippen molar-refractivity contribution in [3.63, 3.8) is 0 Å². The van der Waals surface area contributed by atoms with E-state index in [9.17, 15) is 9.59 Å². The van der Waals surface area contributed by atoms with Crippen LogP contribution in [0.15, 0.2) is 41.8 Å². The molecule has 0 spiro atoms. The summed E-state index contributed by atoms with van der Waals surface area (Å²) in [5.74, 6) is -0.197. The molecule has 0 saturated carbocycles. The molecule has 1 aromatic carbocycles. The number of thiophene rings is 1. The second-order valence-electron chi connectivity index (χ2n) is 4.65. The van der Waals surface area contributed by atoms with Crippen molar-refractivity contribution in [1.82, 2.24) is 5.32 Å². The maximum atomic E-state index is 11.8. The minimum atomic E-state index is -0.726. The molecule has 0 aliphatic heterocycles. The van der Waals surface area contributed by atoms with Crippen molar-refractivity contribution in [3.05, 3.63) is 51.7 Å². The van der Waals surface area contributed by atoms with Gasteiger partial charge in [-0.2, -0.15) is 0 Å². The molecule has 1 atom stereocenters. The third kappa shape index (κ3) is 5.58. The molecule has 1 aromatic heterocycles. The Morgan fingerprint density at radius 2 is 2.09 bits per heavy atom. The Bertz CT molecular complexity index is 660. The quantitative estimate of drug-likeness (QED) is 0.613. The number of esters is 1. The Labute approximate surface area is 143 Å². The van der Waals surface area contributed by atoms with Crippen LogP contribution in [0.5, 0.6) is 5.75 Å². The Balaban J connectivity index is 1.69. The topological polar surface area (TPSA) is 64.6 Å². The van der Waals surface area contributed by atoms with Crippen molar-refractivity contribution < 1.29 is 19.1 Å². The SMILES string of the molecule is CC(NC(=O)c1cccs1)C(=O)OCCOc1cccc(Cl)c1. The number of ether oxygens (including phenoxy) is 2. The van der Waals surface area contributed by atoms with Crippen LogP contribution in [0.1, 0.15) is 16.6 Å². The van der Waals surface area contributed by atoms with Crippen LogP contribution in [-0.4, -0.2) is 31.1 Å². The van der Waals surface area contributed by atoms with Gasteiger partial charge in [-0.05, 0) is 36.6 Å². The van der Waals surface area contributed by atoms with E-state index >= 15 is 0 Å². The van der Waals surface area contributed by atoms with Gasteiger partial charge in [-0.25, -0.2) is 4.79 Å². The third-order valence-corrected chi connectivity index (χ3v) is 3.94. The molecule has 0 bridgehead atoms. The predicted molar refractivity (Wildman–Crippen MR) is 89.2 cm³/mol. The van der Waals surface area contributed by atoms with E-state index in [0.29, 0.717) is 15.6 Å². The highest BCUT2D eigenvalue weighted by molar-refractivity contribution is 7.12. The van der Waals surface area contributed by atoms with Gasteiger partial charge in [-0.1, -0.05) is 23.7 Å². The molecule has 0 aliphatic rings. The van der Waals surface area contributed by atoms with Gasteiger partial charge in [-0.15, -0.1) is 11.3 Å². The number of rotatable bonds is 7. The van der Waals surface area contributed by atoms with Crippen molar-refractivity contribution in [3.8, 4) is 5.75 Å². The van der Waals surface area contributed by atoms with Crippen LogP contribution in [0.4, 0.5) is 0 Å². The van der Waals surface area contributed by atoms with E-state index in [-0.39, 0.29) is 19.1 Å². The number of carbonyl (C=O) groups excluding carboxylic acids is 2. The molecule has 0 saturated heterocycles. The minimum absolute atomic E-state index is 0.0879. The summed E-state index contributed by atoms with van der Waals surface area (Å²) in [5.41, 5.74) is 0. The van der Waals surface area contributed by atoms with Gasteiger partial charge in [0.1, 0.15) is 25.0 Å². The smallest absolute Gasteiger partial charge is 0.328 e. The zero-order chi connectivity index (χ0) is 16.7. The molecule has 1 unspecified atom stereocenters. The van der Waals surface area contributed by atoms with Gasteiger partial charge < -0.3 is 14.8 Å². The summed E-state index contributed by atoms with van der Waals surface area (Å²) in [6, 6.07) is 9.69. The number of hydrogen-bond acceptors (Lipinski definition) is 5. The first-order valence-corrected chi connectivity index (χ1v) is 8.21. The Morgan fingerprint density at radius 3 is 2.78 bits per heavy atom. The van der Waals surface area contributed by atoms with E-state index in [4.69, 9.17) is 21.1 Å². The third-order valence-electron chi connectivity index (χ3n) is 2.84. The molecule has 5 nitrogen and oxygen atoms in total. The number of hydrogen-bond donors (Lipinski definition) is 1. The Morgan fingerprint density at radius 1 is 1.26 bits per heavy atom. The van der Waals surface area contributed by atoms with Crippen molar-refractivity contribution in [2.45, 2.75) is 13.0 Å². The summed E-state index contributed by atoms with van der Waals surface area (Å²) in [5, 5.41) is 4.96. The summed E-state index contributed by atoms with van der Waals surface area (Å²) in [4.78, 5) is 24.2. The highest BCUT2D eigenvalue weighted by atomic mass is 35.5. The van der Waals surface area contributed by atoms with Crippen molar-refractivity contribution in [2.24, 2.45) is 0 Å². The number of carbonyl (C=O) groups is 2. The van der Waals surface area contributed by atoms with Crippen LogP contribution < -0.4 is 10.1 Å². The van der Waals surface area contributed by atoms with Crippen molar-refractivity contribution in [1.29, 1.82) is 0 Å². The predicted octanol–water partition coefficient (Wildman–Crippen LogP) is 3.14. The fourth-order valence-electron chi connectivity index (χ4n) is 1.72. The molecule has 1 heterocycles. The lowest BCUT2D eigenvalue weighted by Crippen LogP contribution is -2.39. The fraction of sp³-hybridized carbons (Fsp3) is 0.250. The van der Waals surface area contributed by atoms with Crippen LogP contribution in [-0.2, 0) is 9.53 Å². The fourth-order valence-corrected chi connectivity index (χ4v) is 2.53. The molecule has 0 fully saturated rings. The molecule has 2 aromatic rings. The average Bonchev–Trinajstić information content (AvgIpc) is 3.06. The van der Waals surface area contributed by atoms with Crippen LogP contribution >= 0.6 is 22.9 Å². The molecule has 0 aliphatic carbocycles. The van der Waals surface area contributed by atoms with Crippen LogP contribution in [0, 0.1) is 0 Å². The Kier molecular flexibility index (Phi) is 6.43. The second kappa shape index (κ2) is 8.55. The summed E-state index contributed by atoms with van der Waals surface area (Å²) in [7, 11) is 0. The lowest BCUT2D eigenvalue weighted by atomic mass is 10.3. The number of benzene rings is 1. The van der Waals surface area contributed by atoms with Crippen LogP contribution in [0.25, 0.3) is 0 Å². The molecule has 0 radical (unpaired) electrons. The first kappa shape index (κ1) is 17.3. The van der Waals surface area contributed by atoms with E-state index < -0.39 is 12.0 Å². The number of halogens is 1. The summed E-state index contributed by atoms with van der Waals surface area (Å²) < 4.78 is 10.5. The minimum Gasteiger partial charge on any atom is -0.490 e. The van der Waals surface area contributed by atoms with E-state index in [1.54, 1.807) is 48.7 Å². The highest BCUT2D eigenvalue weighted by Gasteiger charge is 2.18. The lowest BCUT2D eigenvalue weighted by Gasteiger charge is -2.13. The molecule has 2 rings (SSSR count). The molecule has 1 amide bonds. The molecular weight excluding hydrogens is 338 g/mol. The van der Waals surface area contributed by atoms with Gasteiger partial charge in [0.15, 0.2) is 0 Å². The maximum Gasteiger partial charge on any atom is 0.328 e. The summed E-state index contributed by atoms with van der Waals surface area (Å²) in [6.45, 7) is 1.87. The van der Waals surface area contributed by atoms with Gasteiger partial charge in [0.05, 0.1) is 4.88 Å². The van der Waals surface area contributed by atoms with Gasteiger partial charge in [0.25, 0.3) is 5.91 Å².